The Morgan fingerprint density at radius 2 is 2.31 bits per heavy atom. The van der Waals surface area contributed by atoms with E-state index in [4.69, 9.17) is 9.47 Å². The lowest BCUT2D eigenvalue weighted by molar-refractivity contribution is -0.112. The van der Waals surface area contributed by atoms with Crippen LogP contribution in [0.2, 0.25) is 0 Å². The molecule has 0 saturated carbocycles. The third-order valence-corrected chi connectivity index (χ3v) is 1.82. The van der Waals surface area contributed by atoms with E-state index in [2.05, 4.69) is 5.32 Å². The lowest BCUT2D eigenvalue weighted by atomic mass is 10.3. The van der Waals surface area contributed by atoms with Crippen molar-refractivity contribution in [1.29, 1.82) is 0 Å². The summed E-state index contributed by atoms with van der Waals surface area (Å²) < 4.78 is 9.96. The first-order valence-corrected chi connectivity index (χ1v) is 4.99. The zero-order valence-electron chi connectivity index (χ0n) is 9.40. The van der Waals surface area contributed by atoms with E-state index < -0.39 is 0 Å². The fourth-order valence-corrected chi connectivity index (χ4v) is 1.09. The van der Waals surface area contributed by atoms with Gasteiger partial charge in [0.05, 0.1) is 20.0 Å². The summed E-state index contributed by atoms with van der Waals surface area (Å²) in [5, 5.41) is 2.69. The molecule has 0 radical (unpaired) electrons. The van der Waals surface area contributed by atoms with E-state index in [-0.39, 0.29) is 5.91 Å². The number of rotatable bonds is 5. The molecule has 0 aromatic heterocycles. The third kappa shape index (κ3) is 4.04. The first-order valence-electron chi connectivity index (χ1n) is 4.99. The molecule has 1 N–H and O–H groups in total. The van der Waals surface area contributed by atoms with Crippen LogP contribution in [0.3, 0.4) is 0 Å². The molecule has 1 aromatic rings. The van der Waals surface area contributed by atoms with E-state index in [9.17, 15) is 4.79 Å². The number of methoxy groups -OCH3 is 1. The van der Waals surface area contributed by atoms with Gasteiger partial charge in [0.25, 0.3) is 5.91 Å². The molecule has 4 heteroatoms. The van der Waals surface area contributed by atoms with Crippen LogP contribution in [0, 0.1) is 0 Å². The molecular weight excluding hydrogens is 206 g/mol. The van der Waals surface area contributed by atoms with Gasteiger partial charge in [-0.25, -0.2) is 0 Å². The average Bonchev–Trinajstić information content (AvgIpc) is 2.29. The maximum Gasteiger partial charge on any atom is 0.251 e. The van der Waals surface area contributed by atoms with Crippen LogP contribution >= 0.6 is 0 Å². The van der Waals surface area contributed by atoms with Crippen LogP contribution in [0.25, 0.3) is 0 Å². The highest BCUT2D eigenvalue weighted by Crippen LogP contribution is 2.16. The van der Waals surface area contributed by atoms with Crippen molar-refractivity contribution in [3.05, 3.63) is 36.6 Å². The number of carbonyl (C=O) groups is 1. The first kappa shape index (κ1) is 12.1. The third-order valence-electron chi connectivity index (χ3n) is 1.82. The predicted octanol–water partition coefficient (Wildman–Crippen LogP) is 2.18. The molecule has 0 spiro atoms. The molecule has 0 atom stereocenters. The summed E-state index contributed by atoms with van der Waals surface area (Å²) in [4.78, 5) is 11.4. The molecule has 86 valence electrons. The van der Waals surface area contributed by atoms with Gasteiger partial charge in [-0.1, -0.05) is 6.07 Å². The number of nitrogens with one attached hydrogen (secondary N) is 1. The van der Waals surface area contributed by atoms with Crippen molar-refractivity contribution in [3.8, 4) is 5.75 Å². The Balaban J connectivity index is 2.55. The minimum Gasteiger partial charge on any atom is -0.501 e. The van der Waals surface area contributed by atoms with Crippen LogP contribution in [0.5, 0.6) is 5.75 Å². The van der Waals surface area contributed by atoms with Gasteiger partial charge in [0.2, 0.25) is 0 Å². The van der Waals surface area contributed by atoms with Gasteiger partial charge < -0.3 is 14.8 Å². The molecule has 0 unspecified atom stereocenters. The maximum absolute atomic E-state index is 11.4. The second-order valence-corrected chi connectivity index (χ2v) is 2.98. The summed E-state index contributed by atoms with van der Waals surface area (Å²) in [6.07, 6.45) is 2.71. The van der Waals surface area contributed by atoms with Crippen LogP contribution in [-0.4, -0.2) is 19.6 Å². The van der Waals surface area contributed by atoms with Gasteiger partial charge in [-0.2, -0.15) is 0 Å². The van der Waals surface area contributed by atoms with E-state index in [1.165, 1.54) is 12.3 Å². The molecule has 0 bridgehead atoms. The summed E-state index contributed by atoms with van der Waals surface area (Å²) >= 11 is 0. The van der Waals surface area contributed by atoms with Crippen LogP contribution in [0.1, 0.15) is 6.92 Å². The largest absolute Gasteiger partial charge is 0.501 e. The summed E-state index contributed by atoms with van der Waals surface area (Å²) in [6, 6.07) is 7.15. The summed E-state index contributed by atoms with van der Waals surface area (Å²) in [7, 11) is 1.58. The molecule has 0 fully saturated rings. The fraction of sp³-hybridized carbons (Fsp3) is 0.250. The fourth-order valence-electron chi connectivity index (χ4n) is 1.09. The molecule has 4 nitrogen and oxygen atoms in total. The van der Waals surface area contributed by atoms with Crippen molar-refractivity contribution >= 4 is 11.6 Å². The van der Waals surface area contributed by atoms with Crippen molar-refractivity contribution in [1.82, 2.24) is 0 Å². The highest BCUT2D eigenvalue weighted by Gasteiger charge is 1.98. The van der Waals surface area contributed by atoms with Gasteiger partial charge in [-0.15, -0.1) is 0 Å². The molecule has 16 heavy (non-hydrogen) atoms. The van der Waals surface area contributed by atoms with E-state index in [1.807, 2.05) is 13.0 Å². The van der Waals surface area contributed by atoms with Gasteiger partial charge in [0.15, 0.2) is 0 Å². The topological polar surface area (TPSA) is 47.6 Å². The Labute approximate surface area is 94.9 Å². The number of ether oxygens (including phenoxy) is 2. The summed E-state index contributed by atoms with van der Waals surface area (Å²) in [5.41, 5.74) is 0.686. The number of benzene rings is 1. The lowest BCUT2D eigenvalue weighted by Crippen LogP contribution is -2.07. The van der Waals surface area contributed by atoms with E-state index in [0.29, 0.717) is 18.0 Å². The van der Waals surface area contributed by atoms with Crippen LogP contribution in [-0.2, 0) is 9.53 Å². The monoisotopic (exact) mass is 221 g/mol. The van der Waals surface area contributed by atoms with Crippen molar-refractivity contribution in [2.24, 2.45) is 0 Å². The number of hydrogen-bond donors (Lipinski definition) is 1. The van der Waals surface area contributed by atoms with Crippen molar-refractivity contribution < 1.29 is 14.3 Å². The first-order chi connectivity index (χ1) is 7.76. The van der Waals surface area contributed by atoms with Crippen LogP contribution in [0.15, 0.2) is 36.6 Å². The molecular formula is C12H15NO3. The van der Waals surface area contributed by atoms with E-state index in [1.54, 1.807) is 25.3 Å². The van der Waals surface area contributed by atoms with Crippen LogP contribution < -0.4 is 10.1 Å². The SMILES string of the molecule is CCO/C=C/C(=O)Nc1cccc(OC)c1. The number of hydrogen-bond acceptors (Lipinski definition) is 3. The van der Waals surface area contributed by atoms with Gasteiger partial charge in [0.1, 0.15) is 5.75 Å². The Morgan fingerprint density at radius 3 is 3.00 bits per heavy atom. The average molecular weight is 221 g/mol. The standard InChI is InChI=1S/C12H15NO3/c1-3-16-8-7-12(14)13-10-5-4-6-11(9-10)15-2/h4-9H,3H2,1-2H3,(H,13,14)/b8-7+. The number of carbonyl (C=O) groups excluding carboxylic acids is 1. The Bertz CT molecular complexity index is 374. The number of amides is 1. The summed E-state index contributed by atoms with van der Waals surface area (Å²) in [6.45, 7) is 2.40. The molecule has 1 amide bonds. The van der Waals surface area contributed by atoms with Gasteiger partial charge in [-0.05, 0) is 19.1 Å². The Hall–Kier alpha value is -1.97. The minimum atomic E-state index is -0.235. The molecule has 0 heterocycles. The number of anilines is 1. The highest BCUT2D eigenvalue weighted by molar-refractivity contribution is 5.99. The van der Waals surface area contributed by atoms with E-state index in [0.717, 1.165) is 0 Å². The molecule has 0 aliphatic heterocycles. The predicted molar refractivity (Wildman–Crippen MR) is 62.4 cm³/mol. The van der Waals surface area contributed by atoms with Crippen molar-refractivity contribution in [2.75, 3.05) is 19.0 Å². The lowest BCUT2D eigenvalue weighted by Gasteiger charge is -2.04. The Morgan fingerprint density at radius 1 is 1.50 bits per heavy atom. The minimum absolute atomic E-state index is 0.235. The second-order valence-electron chi connectivity index (χ2n) is 2.98. The zero-order valence-corrected chi connectivity index (χ0v) is 9.40. The normalized spacial score (nSPS) is 10.1. The van der Waals surface area contributed by atoms with Crippen LogP contribution in [0.4, 0.5) is 5.69 Å². The highest BCUT2D eigenvalue weighted by atomic mass is 16.5. The van der Waals surface area contributed by atoms with Gasteiger partial charge in [0, 0.05) is 17.8 Å². The second kappa shape index (κ2) is 6.50. The zero-order chi connectivity index (χ0) is 11.8. The quantitative estimate of drug-likeness (QED) is 0.612. The Kier molecular flexibility index (Phi) is 4.92. The van der Waals surface area contributed by atoms with Crippen molar-refractivity contribution in [2.45, 2.75) is 6.92 Å². The molecule has 0 saturated heterocycles. The van der Waals surface area contributed by atoms with E-state index >= 15 is 0 Å². The maximum atomic E-state index is 11.4. The summed E-state index contributed by atoms with van der Waals surface area (Å²) in [5.74, 6) is 0.466. The van der Waals surface area contributed by atoms with Crippen molar-refractivity contribution in [3.63, 3.8) is 0 Å². The van der Waals surface area contributed by atoms with Gasteiger partial charge >= 0.3 is 0 Å². The molecule has 0 aliphatic rings. The molecule has 1 rings (SSSR count). The molecule has 0 aliphatic carbocycles. The smallest absolute Gasteiger partial charge is 0.251 e. The van der Waals surface area contributed by atoms with Gasteiger partial charge in [-0.3, -0.25) is 4.79 Å². The molecule has 1 aromatic carbocycles.